The van der Waals surface area contributed by atoms with Crippen LogP contribution in [0.15, 0.2) is 41.8 Å². The SMILES string of the molecule is O=C(NCc1ccccc1F)C1CCCN1C(=O)c1cccs1. The smallest absolute Gasteiger partial charge is 0.264 e. The average molecular weight is 332 g/mol. The minimum Gasteiger partial charge on any atom is -0.350 e. The van der Waals surface area contributed by atoms with Crippen molar-refractivity contribution in [3.63, 3.8) is 0 Å². The van der Waals surface area contributed by atoms with Crippen molar-refractivity contribution in [3.05, 3.63) is 58.0 Å². The van der Waals surface area contributed by atoms with Crippen LogP contribution in [-0.2, 0) is 11.3 Å². The maximum atomic E-state index is 13.6. The highest BCUT2D eigenvalue weighted by atomic mass is 32.1. The van der Waals surface area contributed by atoms with Gasteiger partial charge in [0.1, 0.15) is 11.9 Å². The molecule has 6 heteroatoms. The van der Waals surface area contributed by atoms with Crippen LogP contribution in [-0.4, -0.2) is 29.3 Å². The van der Waals surface area contributed by atoms with E-state index in [1.54, 1.807) is 29.2 Å². The molecule has 1 saturated heterocycles. The third-order valence-electron chi connectivity index (χ3n) is 3.96. The molecule has 2 amide bonds. The highest BCUT2D eigenvalue weighted by molar-refractivity contribution is 7.12. The van der Waals surface area contributed by atoms with Crippen LogP contribution in [0.3, 0.4) is 0 Å². The normalized spacial score (nSPS) is 17.3. The van der Waals surface area contributed by atoms with Gasteiger partial charge in [-0.05, 0) is 30.4 Å². The van der Waals surface area contributed by atoms with E-state index in [0.29, 0.717) is 23.4 Å². The fourth-order valence-electron chi connectivity index (χ4n) is 2.77. The number of halogens is 1. The first-order valence-electron chi connectivity index (χ1n) is 7.52. The molecule has 1 aliphatic heterocycles. The van der Waals surface area contributed by atoms with E-state index in [4.69, 9.17) is 0 Å². The van der Waals surface area contributed by atoms with Gasteiger partial charge in [-0.2, -0.15) is 0 Å². The van der Waals surface area contributed by atoms with Gasteiger partial charge in [-0.25, -0.2) is 4.39 Å². The zero-order valence-corrected chi connectivity index (χ0v) is 13.3. The highest BCUT2D eigenvalue weighted by Gasteiger charge is 2.34. The Morgan fingerprint density at radius 2 is 2.09 bits per heavy atom. The van der Waals surface area contributed by atoms with E-state index in [-0.39, 0.29) is 24.2 Å². The third-order valence-corrected chi connectivity index (χ3v) is 4.82. The summed E-state index contributed by atoms with van der Waals surface area (Å²) in [6, 6.07) is 9.45. The number of rotatable bonds is 4. The Balaban J connectivity index is 1.64. The van der Waals surface area contributed by atoms with E-state index in [0.717, 1.165) is 6.42 Å². The van der Waals surface area contributed by atoms with Crippen molar-refractivity contribution in [1.29, 1.82) is 0 Å². The van der Waals surface area contributed by atoms with Crippen molar-refractivity contribution in [2.75, 3.05) is 6.54 Å². The van der Waals surface area contributed by atoms with Crippen LogP contribution in [0.1, 0.15) is 28.1 Å². The van der Waals surface area contributed by atoms with Crippen molar-refractivity contribution in [1.82, 2.24) is 10.2 Å². The molecule has 4 nitrogen and oxygen atoms in total. The maximum Gasteiger partial charge on any atom is 0.264 e. The van der Waals surface area contributed by atoms with Gasteiger partial charge in [-0.15, -0.1) is 11.3 Å². The summed E-state index contributed by atoms with van der Waals surface area (Å²) in [5.41, 5.74) is 0.440. The molecule has 1 N–H and O–H groups in total. The van der Waals surface area contributed by atoms with E-state index in [9.17, 15) is 14.0 Å². The predicted octanol–water partition coefficient (Wildman–Crippen LogP) is 2.81. The van der Waals surface area contributed by atoms with Crippen molar-refractivity contribution >= 4 is 23.2 Å². The Morgan fingerprint density at radius 1 is 1.26 bits per heavy atom. The van der Waals surface area contributed by atoms with Crippen LogP contribution in [0.25, 0.3) is 0 Å². The minimum atomic E-state index is -0.476. The van der Waals surface area contributed by atoms with Gasteiger partial charge in [0.25, 0.3) is 5.91 Å². The zero-order valence-electron chi connectivity index (χ0n) is 12.5. The second-order valence-corrected chi connectivity index (χ2v) is 6.39. The van der Waals surface area contributed by atoms with Crippen molar-refractivity contribution < 1.29 is 14.0 Å². The number of carbonyl (C=O) groups excluding carboxylic acids is 2. The standard InChI is InChI=1S/C17H17FN2O2S/c18-13-6-2-1-5-12(13)11-19-16(21)14-7-3-9-20(14)17(22)15-8-4-10-23-15/h1-2,4-6,8,10,14H,3,7,9,11H2,(H,19,21). The number of hydrogen-bond acceptors (Lipinski definition) is 3. The molecule has 1 fully saturated rings. The molecule has 120 valence electrons. The fraction of sp³-hybridized carbons (Fsp3) is 0.294. The van der Waals surface area contributed by atoms with E-state index in [2.05, 4.69) is 5.32 Å². The lowest BCUT2D eigenvalue weighted by Gasteiger charge is -2.23. The van der Waals surface area contributed by atoms with Crippen molar-refractivity contribution in [2.24, 2.45) is 0 Å². The molecule has 2 aromatic rings. The largest absolute Gasteiger partial charge is 0.350 e. The average Bonchev–Trinajstić information content (AvgIpc) is 3.24. The lowest BCUT2D eigenvalue weighted by atomic mass is 10.1. The first kappa shape index (κ1) is 15.7. The molecule has 1 aliphatic rings. The van der Waals surface area contributed by atoms with Gasteiger partial charge >= 0.3 is 0 Å². The third kappa shape index (κ3) is 3.42. The molecule has 1 aromatic carbocycles. The van der Waals surface area contributed by atoms with Gasteiger partial charge < -0.3 is 10.2 Å². The number of thiophene rings is 1. The summed E-state index contributed by atoms with van der Waals surface area (Å²) in [6.07, 6.45) is 1.44. The molecule has 23 heavy (non-hydrogen) atoms. The van der Waals surface area contributed by atoms with Gasteiger partial charge in [0.05, 0.1) is 4.88 Å². The Morgan fingerprint density at radius 3 is 2.83 bits per heavy atom. The van der Waals surface area contributed by atoms with E-state index in [1.165, 1.54) is 17.4 Å². The number of nitrogens with zero attached hydrogens (tertiary/aromatic N) is 1. The summed E-state index contributed by atoms with van der Waals surface area (Å²) in [7, 11) is 0. The topological polar surface area (TPSA) is 49.4 Å². The lowest BCUT2D eigenvalue weighted by molar-refractivity contribution is -0.125. The molecule has 3 rings (SSSR count). The van der Waals surface area contributed by atoms with Gasteiger partial charge in [-0.1, -0.05) is 24.3 Å². The second-order valence-electron chi connectivity index (χ2n) is 5.44. The number of benzene rings is 1. The van der Waals surface area contributed by atoms with E-state index >= 15 is 0 Å². The molecule has 0 bridgehead atoms. The first-order chi connectivity index (χ1) is 11.2. The summed E-state index contributed by atoms with van der Waals surface area (Å²) in [5, 5.41) is 4.59. The number of carbonyl (C=O) groups is 2. The maximum absolute atomic E-state index is 13.6. The summed E-state index contributed by atoms with van der Waals surface area (Å²) >= 11 is 1.37. The summed E-state index contributed by atoms with van der Waals surface area (Å²) < 4.78 is 13.6. The van der Waals surface area contributed by atoms with Gasteiger partial charge in [0.2, 0.25) is 5.91 Å². The molecule has 1 unspecified atom stereocenters. The molecule has 0 saturated carbocycles. The van der Waals surface area contributed by atoms with Crippen LogP contribution < -0.4 is 5.32 Å². The van der Waals surface area contributed by atoms with Gasteiger partial charge in [0, 0.05) is 18.7 Å². The summed E-state index contributed by atoms with van der Waals surface area (Å²) in [6.45, 7) is 0.706. The molecular weight excluding hydrogens is 315 g/mol. The molecule has 1 atom stereocenters. The Hall–Kier alpha value is -2.21. The molecule has 0 aliphatic carbocycles. The number of hydrogen-bond donors (Lipinski definition) is 1. The van der Waals surface area contributed by atoms with Crippen LogP contribution in [0, 0.1) is 5.82 Å². The van der Waals surface area contributed by atoms with Crippen molar-refractivity contribution in [3.8, 4) is 0 Å². The van der Waals surface area contributed by atoms with E-state index < -0.39 is 6.04 Å². The lowest BCUT2D eigenvalue weighted by Crippen LogP contribution is -2.45. The number of amides is 2. The second kappa shape index (κ2) is 6.91. The van der Waals surface area contributed by atoms with Crippen LogP contribution >= 0.6 is 11.3 Å². The van der Waals surface area contributed by atoms with Crippen LogP contribution in [0.4, 0.5) is 4.39 Å². The Labute approximate surface area is 137 Å². The molecule has 1 aromatic heterocycles. The van der Waals surface area contributed by atoms with Gasteiger partial charge in [0.15, 0.2) is 0 Å². The highest BCUT2D eigenvalue weighted by Crippen LogP contribution is 2.22. The van der Waals surface area contributed by atoms with E-state index in [1.807, 2.05) is 11.4 Å². The molecular formula is C17H17FN2O2S. The predicted molar refractivity (Wildman–Crippen MR) is 86.6 cm³/mol. The molecule has 2 heterocycles. The quantitative estimate of drug-likeness (QED) is 0.936. The number of nitrogens with one attached hydrogen (secondary N) is 1. The van der Waals surface area contributed by atoms with Crippen LogP contribution in [0.2, 0.25) is 0 Å². The van der Waals surface area contributed by atoms with Crippen molar-refractivity contribution in [2.45, 2.75) is 25.4 Å². The zero-order chi connectivity index (χ0) is 16.2. The fourth-order valence-corrected chi connectivity index (χ4v) is 3.45. The Bertz CT molecular complexity index is 702. The molecule has 0 spiro atoms. The number of likely N-dealkylation sites (tertiary alicyclic amines) is 1. The first-order valence-corrected chi connectivity index (χ1v) is 8.40. The van der Waals surface area contributed by atoms with Gasteiger partial charge in [-0.3, -0.25) is 9.59 Å². The Kier molecular flexibility index (Phi) is 4.71. The summed E-state index contributed by atoms with van der Waals surface area (Å²) in [5.74, 6) is -0.676. The molecule has 0 radical (unpaired) electrons. The van der Waals surface area contributed by atoms with Crippen LogP contribution in [0.5, 0.6) is 0 Å². The summed E-state index contributed by atoms with van der Waals surface area (Å²) in [4.78, 5) is 27.1. The minimum absolute atomic E-state index is 0.108. The monoisotopic (exact) mass is 332 g/mol.